The van der Waals surface area contributed by atoms with E-state index < -0.39 is 11.6 Å². The van der Waals surface area contributed by atoms with E-state index in [4.69, 9.17) is 16.3 Å². The lowest BCUT2D eigenvalue weighted by molar-refractivity contribution is -0.133. The first-order valence-electron chi connectivity index (χ1n) is 10.7. The van der Waals surface area contributed by atoms with Crippen molar-refractivity contribution in [2.75, 3.05) is 20.2 Å². The van der Waals surface area contributed by atoms with Crippen LogP contribution in [-0.4, -0.2) is 48.5 Å². The van der Waals surface area contributed by atoms with E-state index in [9.17, 15) is 14.4 Å². The predicted molar refractivity (Wildman–Crippen MR) is 121 cm³/mol. The van der Waals surface area contributed by atoms with Crippen LogP contribution in [0.25, 0.3) is 0 Å². The minimum Gasteiger partial charge on any atom is -0.496 e. The van der Waals surface area contributed by atoms with Crippen molar-refractivity contribution in [2.45, 2.75) is 31.2 Å². The predicted octanol–water partition coefficient (Wildman–Crippen LogP) is 2.95. The summed E-state index contributed by atoms with van der Waals surface area (Å²) in [6, 6.07) is 14.3. The van der Waals surface area contributed by atoms with Gasteiger partial charge in [-0.05, 0) is 36.5 Å². The van der Waals surface area contributed by atoms with E-state index >= 15 is 0 Å². The molecule has 2 aliphatic rings. The zero-order valence-corrected chi connectivity index (χ0v) is 18.7. The molecule has 4 amide bonds. The molecular formula is C24H26ClN3O4. The standard InChI is InChI=1S/C24H26ClN3O4/c1-32-20-9-5-3-6-16(20)14-21(29)28-12-10-18(11-13-28)24(22(30)26-23(31)27-24)15-17-7-2-4-8-19(17)25/h2-9,18H,10-15H2,1H3,(H2,26,27,30,31)/t24-/m0/s1. The number of amides is 4. The number of nitrogens with zero attached hydrogens (tertiary/aromatic N) is 1. The second-order valence-corrected chi connectivity index (χ2v) is 8.70. The molecular weight excluding hydrogens is 430 g/mol. The van der Waals surface area contributed by atoms with Gasteiger partial charge >= 0.3 is 6.03 Å². The quantitative estimate of drug-likeness (QED) is 0.655. The molecule has 0 saturated carbocycles. The SMILES string of the molecule is COc1ccccc1CC(=O)N1CCC([C@]2(Cc3ccccc3Cl)NC(=O)NC2=O)CC1. The Bertz CT molecular complexity index is 1040. The number of benzene rings is 2. The van der Waals surface area contributed by atoms with E-state index in [-0.39, 0.29) is 24.2 Å². The Morgan fingerprint density at radius 1 is 1.09 bits per heavy atom. The van der Waals surface area contributed by atoms with Gasteiger partial charge in [0.15, 0.2) is 0 Å². The van der Waals surface area contributed by atoms with Crippen molar-refractivity contribution in [3.63, 3.8) is 0 Å². The molecule has 2 heterocycles. The molecule has 7 nitrogen and oxygen atoms in total. The fourth-order valence-electron chi connectivity index (χ4n) is 4.75. The number of carbonyl (C=O) groups is 3. The highest BCUT2D eigenvalue weighted by Gasteiger charge is 2.52. The third-order valence-corrected chi connectivity index (χ3v) is 6.84. The van der Waals surface area contributed by atoms with Gasteiger partial charge in [0.2, 0.25) is 5.91 Å². The second kappa shape index (κ2) is 9.20. The molecule has 4 rings (SSSR count). The Kier molecular flexibility index (Phi) is 6.37. The molecule has 0 spiro atoms. The topological polar surface area (TPSA) is 87.7 Å². The highest BCUT2D eigenvalue weighted by molar-refractivity contribution is 6.31. The molecule has 8 heteroatoms. The Morgan fingerprint density at radius 3 is 2.38 bits per heavy atom. The second-order valence-electron chi connectivity index (χ2n) is 8.29. The fraction of sp³-hybridized carbons (Fsp3) is 0.375. The maximum atomic E-state index is 12.9. The molecule has 0 aromatic heterocycles. The van der Waals surface area contributed by atoms with Crippen LogP contribution in [0.2, 0.25) is 5.02 Å². The normalized spacial score (nSPS) is 21.2. The van der Waals surface area contributed by atoms with Gasteiger partial charge in [0.05, 0.1) is 13.5 Å². The average molecular weight is 456 g/mol. The lowest BCUT2D eigenvalue weighted by atomic mass is 9.74. The van der Waals surface area contributed by atoms with Crippen molar-refractivity contribution in [1.29, 1.82) is 0 Å². The largest absolute Gasteiger partial charge is 0.496 e. The number of nitrogens with one attached hydrogen (secondary N) is 2. The van der Waals surface area contributed by atoms with E-state index in [0.29, 0.717) is 43.1 Å². The van der Waals surface area contributed by atoms with Crippen LogP contribution in [0.3, 0.4) is 0 Å². The third-order valence-electron chi connectivity index (χ3n) is 6.47. The number of ether oxygens (including phenoxy) is 1. The molecule has 32 heavy (non-hydrogen) atoms. The molecule has 2 fully saturated rings. The van der Waals surface area contributed by atoms with Crippen LogP contribution in [0.4, 0.5) is 4.79 Å². The van der Waals surface area contributed by atoms with Crippen LogP contribution >= 0.6 is 11.6 Å². The van der Waals surface area contributed by atoms with Crippen LogP contribution in [0.15, 0.2) is 48.5 Å². The lowest BCUT2D eigenvalue weighted by Crippen LogP contribution is -2.58. The van der Waals surface area contributed by atoms with E-state index in [1.54, 1.807) is 13.2 Å². The number of urea groups is 1. The Balaban J connectivity index is 1.47. The van der Waals surface area contributed by atoms with Crippen molar-refractivity contribution in [2.24, 2.45) is 5.92 Å². The van der Waals surface area contributed by atoms with Crippen molar-refractivity contribution in [1.82, 2.24) is 15.5 Å². The van der Waals surface area contributed by atoms with Crippen molar-refractivity contribution in [3.8, 4) is 5.75 Å². The summed E-state index contributed by atoms with van der Waals surface area (Å²) in [5.41, 5.74) is 0.584. The summed E-state index contributed by atoms with van der Waals surface area (Å²) in [5.74, 6) is 0.273. The monoisotopic (exact) mass is 455 g/mol. The van der Waals surface area contributed by atoms with E-state index in [1.807, 2.05) is 47.4 Å². The number of halogens is 1. The number of carbonyl (C=O) groups excluding carboxylic acids is 3. The summed E-state index contributed by atoms with van der Waals surface area (Å²) >= 11 is 6.35. The summed E-state index contributed by atoms with van der Waals surface area (Å²) in [6.45, 7) is 1.04. The summed E-state index contributed by atoms with van der Waals surface area (Å²) in [5, 5.41) is 5.84. The molecule has 2 aromatic carbocycles. The number of imide groups is 1. The third kappa shape index (κ3) is 4.30. The summed E-state index contributed by atoms with van der Waals surface area (Å²) in [6.07, 6.45) is 1.78. The van der Waals surface area contributed by atoms with E-state index in [0.717, 1.165) is 11.1 Å². The number of hydrogen-bond acceptors (Lipinski definition) is 4. The molecule has 2 aromatic rings. The number of rotatable bonds is 6. The first-order chi connectivity index (χ1) is 15.4. The summed E-state index contributed by atoms with van der Waals surface area (Å²) in [4.78, 5) is 39.7. The average Bonchev–Trinajstić information content (AvgIpc) is 3.09. The number of likely N-dealkylation sites (tertiary alicyclic amines) is 1. The van der Waals surface area contributed by atoms with E-state index in [2.05, 4.69) is 10.6 Å². The summed E-state index contributed by atoms with van der Waals surface area (Å²) < 4.78 is 5.35. The van der Waals surface area contributed by atoms with Gasteiger partial charge < -0.3 is 15.0 Å². The first-order valence-corrected chi connectivity index (χ1v) is 11.1. The van der Waals surface area contributed by atoms with Crippen LogP contribution < -0.4 is 15.4 Å². The molecule has 0 bridgehead atoms. The van der Waals surface area contributed by atoms with Crippen LogP contribution in [0.1, 0.15) is 24.0 Å². The van der Waals surface area contributed by atoms with Crippen LogP contribution in [-0.2, 0) is 22.4 Å². The minimum atomic E-state index is -1.07. The molecule has 0 unspecified atom stereocenters. The van der Waals surface area contributed by atoms with Crippen molar-refractivity contribution >= 4 is 29.4 Å². The van der Waals surface area contributed by atoms with Gasteiger partial charge in [-0.2, -0.15) is 0 Å². The fourth-order valence-corrected chi connectivity index (χ4v) is 4.95. The molecule has 1 atom stereocenters. The first kappa shape index (κ1) is 22.1. The van der Waals surface area contributed by atoms with E-state index in [1.165, 1.54) is 0 Å². The highest BCUT2D eigenvalue weighted by Crippen LogP contribution is 2.35. The van der Waals surface area contributed by atoms with Gasteiger partial charge in [0.1, 0.15) is 11.3 Å². The number of para-hydroxylation sites is 1. The smallest absolute Gasteiger partial charge is 0.322 e. The van der Waals surface area contributed by atoms with Gasteiger partial charge in [0.25, 0.3) is 5.91 Å². The van der Waals surface area contributed by atoms with Crippen LogP contribution in [0, 0.1) is 5.92 Å². The zero-order chi connectivity index (χ0) is 22.7. The maximum absolute atomic E-state index is 12.9. The Labute approximate surface area is 192 Å². The van der Waals surface area contributed by atoms with Gasteiger partial charge in [-0.25, -0.2) is 4.79 Å². The number of piperidine rings is 1. The maximum Gasteiger partial charge on any atom is 0.322 e. The van der Waals surface area contributed by atoms with Crippen molar-refractivity contribution < 1.29 is 19.1 Å². The van der Waals surface area contributed by atoms with Gasteiger partial charge in [-0.15, -0.1) is 0 Å². The minimum absolute atomic E-state index is 0.0213. The molecule has 2 N–H and O–H groups in total. The summed E-state index contributed by atoms with van der Waals surface area (Å²) in [7, 11) is 1.59. The Hall–Kier alpha value is -3.06. The molecule has 2 aliphatic heterocycles. The van der Waals surface area contributed by atoms with Gasteiger partial charge in [0, 0.05) is 30.1 Å². The van der Waals surface area contributed by atoms with Gasteiger partial charge in [-0.1, -0.05) is 48.0 Å². The molecule has 0 aliphatic carbocycles. The Morgan fingerprint density at radius 2 is 1.75 bits per heavy atom. The van der Waals surface area contributed by atoms with Gasteiger partial charge in [-0.3, -0.25) is 14.9 Å². The van der Waals surface area contributed by atoms with Crippen LogP contribution in [0.5, 0.6) is 5.75 Å². The zero-order valence-electron chi connectivity index (χ0n) is 17.9. The van der Waals surface area contributed by atoms with Crippen molar-refractivity contribution in [3.05, 3.63) is 64.7 Å². The lowest BCUT2D eigenvalue weighted by Gasteiger charge is -2.41. The number of hydrogen-bond donors (Lipinski definition) is 2. The molecule has 0 radical (unpaired) electrons. The molecule has 2 saturated heterocycles. The number of methoxy groups -OCH3 is 1. The highest BCUT2D eigenvalue weighted by atomic mass is 35.5. The molecule has 168 valence electrons.